The minimum absolute atomic E-state index is 0.0362. The molecule has 0 saturated carbocycles. The monoisotopic (exact) mass is 402 g/mol. The van der Waals surface area contributed by atoms with E-state index in [4.69, 9.17) is 9.47 Å². The van der Waals surface area contributed by atoms with Crippen molar-refractivity contribution in [1.82, 2.24) is 0 Å². The number of nitrogens with zero attached hydrogens (tertiary/aromatic N) is 4. The molecule has 1 aromatic carbocycles. The van der Waals surface area contributed by atoms with Crippen molar-refractivity contribution in [3.63, 3.8) is 0 Å². The van der Waals surface area contributed by atoms with Crippen LogP contribution >= 0.6 is 0 Å². The highest BCUT2D eigenvalue weighted by Gasteiger charge is 2.38. The van der Waals surface area contributed by atoms with Crippen LogP contribution in [0, 0.1) is 34.0 Å². The first-order chi connectivity index (χ1) is 14.4. The second-order valence-electron chi connectivity index (χ2n) is 7.10. The number of anilines is 1. The summed E-state index contributed by atoms with van der Waals surface area (Å²) in [6, 6.07) is 11.7. The van der Waals surface area contributed by atoms with Gasteiger partial charge in [-0.25, -0.2) is 0 Å². The lowest BCUT2D eigenvalue weighted by Gasteiger charge is -2.22. The lowest BCUT2D eigenvalue weighted by Crippen LogP contribution is -2.21. The van der Waals surface area contributed by atoms with Crippen LogP contribution in [-0.4, -0.2) is 25.3 Å². The van der Waals surface area contributed by atoms with Crippen LogP contribution in [-0.2, 0) is 4.74 Å². The highest BCUT2D eigenvalue weighted by molar-refractivity contribution is 5.68. The minimum Gasteiger partial charge on any atom is -0.493 e. The average molecular weight is 402 g/mol. The van der Waals surface area contributed by atoms with Crippen molar-refractivity contribution in [2.75, 3.05) is 24.6 Å². The van der Waals surface area contributed by atoms with Gasteiger partial charge >= 0.3 is 0 Å². The molecule has 0 fully saturated rings. The van der Waals surface area contributed by atoms with Gasteiger partial charge in [-0.2, -0.15) is 15.8 Å². The lowest BCUT2D eigenvalue weighted by atomic mass is 9.94. The molecule has 154 valence electrons. The topological polar surface area (TPSA) is 93.1 Å². The molecule has 1 aromatic rings. The van der Waals surface area contributed by atoms with E-state index >= 15 is 0 Å². The fraction of sp³-hybridized carbons (Fsp3) is 0.375. The Balaban J connectivity index is 2.55. The molecular formula is C24H26N4O2. The van der Waals surface area contributed by atoms with Gasteiger partial charge in [0, 0.05) is 36.0 Å². The van der Waals surface area contributed by atoms with Gasteiger partial charge in [-0.1, -0.05) is 12.2 Å². The number of nitriles is 3. The Labute approximate surface area is 178 Å². The van der Waals surface area contributed by atoms with Crippen LogP contribution in [0.15, 0.2) is 46.8 Å². The quantitative estimate of drug-likeness (QED) is 0.604. The molecule has 6 nitrogen and oxygen atoms in total. The largest absolute Gasteiger partial charge is 0.493 e. The summed E-state index contributed by atoms with van der Waals surface area (Å²) in [6.45, 7) is 12.1. The van der Waals surface area contributed by atoms with Gasteiger partial charge in [0.25, 0.3) is 0 Å². The van der Waals surface area contributed by atoms with Crippen LogP contribution in [0.4, 0.5) is 5.69 Å². The third-order valence-electron chi connectivity index (χ3n) is 4.92. The molecule has 0 amide bonds. The van der Waals surface area contributed by atoms with Crippen LogP contribution in [0.3, 0.4) is 0 Å². The van der Waals surface area contributed by atoms with E-state index in [2.05, 4.69) is 24.8 Å². The molecule has 0 spiro atoms. The van der Waals surface area contributed by atoms with Gasteiger partial charge in [-0.15, -0.1) is 0 Å². The molecule has 0 aromatic heterocycles. The maximum atomic E-state index is 9.66. The van der Waals surface area contributed by atoms with Crippen LogP contribution in [0.1, 0.15) is 40.2 Å². The lowest BCUT2D eigenvalue weighted by molar-refractivity contribution is 0.0954. The molecule has 0 N–H and O–H groups in total. The smallest absolute Gasteiger partial charge is 0.172 e. The Morgan fingerprint density at radius 2 is 1.77 bits per heavy atom. The summed E-state index contributed by atoms with van der Waals surface area (Å²) in [5.74, 6) is 0.786. The van der Waals surface area contributed by atoms with Crippen LogP contribution in [0.25, 0.3) is 6.08 Å². The number of benzene rings is 1. The SMILES string of the molecule is CCOc1cc(N(CC)CC)ccc1/C=C/C1=C(C#N)C(=C(C#N)C#N)OC1(C)C. The predicted octanol–water partition coefficient (Wildman–Crippen LogP) is 4.87. The third kappa shape index (κ3) is 4.48. The van der Waals surface area contributed by atoms with Gasteiger partial charge in [0.2, 0.25) is 0 Å². The number of rotatable bonds is 7. The van der Waals surface area contributed by atoms with Crippen molar-refractivity contribution in [1.29, 1.82) is 15.8 Å². The second-order valence-corrected chi connectivity index (χ2v) is 7.10. The van der Waals surface area contributed by atoms with E-state index < -0.39 is 5.60 Å². The Morgan fingerprint density at radius 1 is 1.10 bits per heavy atom. The third-order valence-corrected chi connectivity index (χ3v) is 4.92. The Hall–Kier alpha value is -3.69. The molecule has 0 unspecified atom stereocenters. The first-order valence-corrected chi connectivity index (χ1v) is 9.95. The van der Waals surface area contributed by atoms with Crippen LogP contribution in [0.2, 0.25) is 0 Å². The van der Waals surface area contributed by atoms with Crippen molar-refractivity contribution in [2.24, 2.45) is 0 Å². The maximum absolute atomic E-state index is 9.66. The van der Waals surface area contributed by atoms with E-state index in [0.29, 0.717) is 12.2 Å². The highest BCUT2D eigenvalue weighted by Crippen LogP contribution is 2.40. The van der Waals surface area contributed by atoms with Gasteiger partial charge < -0.3 is 14.4 Å². The molecule has 1 aliphatic rings. The summed E-state index contributed by atoms with van der Waals surface area (Å²) in [7, 11) is 0. The van der Waals surface area contributed by atoms with Gasteiger partial charge in [0.15, 0.2) is 11.3 Å². The summed E-state index contributed by atoms with van der Waals surface area (Å²) >= 11 is 0. The minimum atomic E-state index is -0.844. The van der Waals surface area contributed by atoms with E-state index in [9.17, 15) is 15.8 Å². The first kappa shape index (κ1) is 22.6. The molecule has 0 bridgehead atoms. The van der Waals surface area contributed by atoms with E-state index in [0.717, 1.165) is 30.1 Å². The van der Waals surface area contributed by atoms with Gasteiger partial charge in [-0.05, 0) is 46.8 Å². The molecule has 2 rings (SSSR count). The van der Waals surface area contributed by atoms with Gasteiger partial charge in [0.05, 0.1) is 6.61 Å². The van der Waals surface area contributed by atoms with Crippen molar-refractivity contribution in [2.45, 2.75) is 40.2 Å². The molecule has 0 radical (unpaired) electrons. The molecule has 30 heavy (non-hydrogen) atoms. The van der Waals surface area contributed by atoms with Gasteiger partial charge in [0.1, 0.15) is 35.1 Å². The molecule has 0 aliphatic carbocycles. The summed E-state index contributed by atoms with van der Waals surface area (Å²) in [4.78, 5) is 2.24. The van der Waals surface area contributed by atoms with Crippen LogP contribution < -0.4 is 9.64 Å². The number of ether oxygens (including phenoxy) is 2. The number of allylic oxidation sites excluding steroid dienone is 2. The highest BCUT2D eigenvalue weighted by atomic mass is 16.5. The van der Waals surface area contributed by atoms with Gasteiger partial charge in [-0.3, -0.25) is 0 Å². The summed E-state index contributed by atoms with van der Waals surface area (Å²) < 4.78 is 11.6. The molecule has 6 heteroatoms. The first-order valence-electron chi connectivity index (χ1n) is 9.95. The summed E-state index contributed by atoms with van der Waals surface area (Å²) in [5.41, 5.74) is 1.71. The molecule has 0 saturated heterocycles. The van der Waals surface area contributed by atoms with Crippen LogP contribution in [0.5, 0.6) is 5.75 Å². The zero-order valence-corrected chi connectivity index (χ0v) is 18.1. The summed E-state index contributed by atoms with van der Waals surface area (Å²) in [6.07, 6.45) is 3.67. The van der Waals surface area contributed by atoms with Crippen molar-refractivity contribution < 1.29 is 9.47 Å². The molecule has 0 atom stereocenters. The van der Waals surface area contributed by atoms with Crippen molar-refractivity contribution in [3.05, 3.63) is 52.3 Å². The molecular weight excluding hydrogens is 376 g/mol. The maximum Gasteiger partial charge on any atom is 0.172 e. The van der Waals surface area contributed by atoms with E-state index in [-0.39, 0.29) is 16.9 Å². The van der Waals surface area contributed by atoms with E-state index in [1.54, 1.807) is 32.1 Å². The zero-order valence-electron chi connectivity index (χ0n) is 18.1. The fourth-order valence-electron chi connectivity index (χ4n) is 3.38. The predicted molar refractivity (Wildman–Crippen MR) is 116 cm³/mol. The average Bonchev–Trinajstić information content (AvgIpc) is 2.99. The number of hydrogen-bond acceptors (Lipinski definition) is 6. The number of hydrogen-bond donors (Lipinski definition) is 0. The zero-order chi connectivity index (χ0) is 22.3. The second kappa shape index (κ2) is 9.68. The van der Waals surface area contributed by atoms with Crippen molar-refractivity contribution in [3.8, 4) is 24.0 Å². The normalized spacial score (nSPS) is 14.7. The van der Waals surface area contributed by atoms with E-state index in [1.165, 1.54) is 0 Å². The molecule has 1 aliphatic heterocycles. The Bertz CT molecular complexity index is 1010. The standard InChI is InChI=1S/C24H26N4O2/c1-6-28(7-2)19-11-9-17(22(13-19)29-8-3)10-12-21-20(16-27)23(18(14-25)15-26)30-24(21,4)5/h9-13H,6-8H2,1-5H3/b12-10+. The van der Waals surface area contributed by atoms with Crippen molar-refractivity contribution >= 4 is 11.8 Å². The summed E-state index contributed by atoms with van der Waals surface area (Å²) in [5, 5.41) is 28.0. The fourth-order valence-corrected chi connectivity index (χ4v) is 3.38. The molecule has 1 heterocycles. The Kier molecular flexibility index (Phi) is 7.29. The Morgan fingerprint density at radius 3 is 2.30 bits per heavy atom. The van der Waals surface area contributed by atoms with E-state index in [1.807, 2.05) is 31.2 Å².